The average molecular weight is 280 g/mol. The van der Waals surface area contributed by atoms with Crippen molar-refractivity contribution in [3.63, 3.8) is 0 Å². The van der Waals surface area contributed by atoms with Crippen LogP contribution >= 0.6 is 0 Å². The molecule has 3 rings (SSSR count). The Bertz CT molecular complexity index is 432. The SMILES string of the molecule is Fc1cccc(F)c1CN1CCC(NCC2CC2)CC1. The van der Waals surface area contributed by atoms with Crippen molar-refractivity contribution in [3.05, 3.63) is 35.4 Å². The molecule has 0 atom stereocenters. The van der Waals surface area contributed by atoms with Gasteiger partial charge >= 0.3 is 0 Å². The molecule has 1 aromatic rings. The molecule has 1 saturated heterocycles. The molecular formula is C16H22F2N2. The van der Waals surface area contributed by atoms with Crippen LogP contribution in [0.3, 0.4) is 0 Å². The summed E-state index contributed by atoms with van der Waals surface area (Å²) in [5.74, 6) is 0.0403. The van der Waals surface area contributed by atoms with Crippen LogP contribution in [0.4, 0.5) is 8.78 Å². The number of halogens is 2. The van der Waals surface area contributed by atoms with E-state index in [-0.39, 0.29) is 5.56 Å². The molecular weight excluding hydrogens is 258 g/mol. The lowest BCUT2D eigenvalue weighted by atomic mass is 10.0. The largest absolute Gasteiger partial charge is 0.314 e. The summed E-state index contributed by atoms with van der Waals surface area (Å²) in [6.45, 7) is 3.35. The molecule has 110 valence electrons. The zero-order valence-corrected chi connectivity index (χ0v) is 11.7. The van der Waals surface area contributed by atoms with Crippen LogP contribution < -0.4 is 5.32 Å². The van der Waals surface area contributed by atoms with Gasteiger partial charge in [-0.1, -0.05) is 6.07 Å². The van der Waals surface area contributed by atoms with Gasteiger partial charge in [0.1, 0.15) is 11.6 Å². The van der Waals surface area contributed by atoms with Crippen LogP contribution in [0.2, 0.25) is 0 Å². The summed E-state index contributed by atoms with van der Waals surface area (Å²) in [6, 6.07) is 4.67. The fourth-order valence-corrected chi connectivity index (χ4v) is 2.86. The van der Waals surface area contributed by atoms with Crippen LogP contribution in [-0.2, 0) is 6.54 Å². The Labute approximate surface area is 119 Å². The third-order valence-corrected chi connectivity index (χ3v) is 4.42. The molecule has 2 aliphatic rings. The fourth-order valence-electron chi connectivity index (χ4n) is 2.86. The molecule has 0 aromatic heterocycles. The quantitative estimate of drug-likeness (QED) is 0.892. The highest BCUT2D eigenvalue weighted by molar-refractivity contribution is 5.19. The highest BCUT2D eigenvalue weighted by Gasteiger charge is 2.25. The molecule has 1 heterocycles. The number of nitrogens with zero attached hydrogens (tertiary/aromatic N) is 1. The first-order valence-corrected chi connectivity index (χ1v) is 7.61. The zero-order chi connectivity index (χ0) is 13.9. The first-order chi connectivity index (χ1) is 9.72. The van der Waals surface area contributed by atoms with E-state index in [1.165, 1.54) is 31.0 Å². The fraction of sp³-hybridized carbons (Fsp3) is 0.625. The van der Waals surface area contributed by atoms with Crippen molar-refractivity contribution in [3.8, 4) is 0 Å². The van der Waals surface area contributed by atoms with Crippen LogP contribution in [0, 0.1) is 17.6 Å². The van der Waals surface area contributed by atoms with E-state index < -0.39 is 11.6 Å². The van der Waals surface area contributed by atoms with Crippen molar-refractivity contribution >= 4 is 0 Å². The normalized spacial score (nSPS) is 21.3. The van der Waals surface area contributed by atoms with Gasteiger partial charge in [0.2, 0.25) is 0 Å². The lowest BCUT2D eigenvalue weighted by Crippen LogP contribution is -2.42. The maximum absolute atomic E-state index is 13.6. The van der Waals surface area contributed by atoms with Gasteiger partial charge in [0, 0.05) is 18.2 Å². The molecule has 0 bridgehead atoms. The van der Waals surface area contributed by atoms with Gasteiger partial charge in [-0.25, -0.2) is 8.78 Å². The van der Waals surface area contributed by atoms with Gasteiger partial charge in [-0.05, 0) is 63.4 Å². The first-order valence-electron chi connectivity index (χ1n) is 7.61. The van der Waals surface area contributed by atoms with E-state index in [1.54, 1.807) is 0 Å². The summed E-state index contributed by atoms with van der Waals surface area (Å²) in [5.41, 5.74) is 0.205. The summed E-state index contributed by atoms with van der Waals surface area (Å²) in [6.07, 6.45) is 4.89. The molecule has 20 heavy (non-hydrogen) atoms. The monoisotopic (exact) mass is 280 g/mol. The van der Waals surface area contributed by atoms with Gasteiger partial charge in [-0.3, -0.25) is 4.90 Å². The number of hydrogen-bond acceptors (Lipinski definition) is 2. The predicted octanol–water partition coefficient (Wildman–Crippen LogP) is 2.93. The molecule has 0 radical (unpaired) electrons. The Hall–Kier alpha value is -1.00. The second-order valence-corrected chi connectivity index (χ2v) is 6.10. The zero-order valence-electron chi connectivity index (χ0n) is 11.7. The smallest absolute Gasteiger partial charge is 0.130 e. The van der Waals surface area contributed by atoms with E-state index in [0.717, 1.165) is 38.4 Å². The molecule has 0 amide bonds. The molecule has 1 aliphatic heterocycles. The van der Waals surface area contributed by atoms with Gasteiger partial charge in [-0.2, -0.15) is 0 Å². The lowest BCUT2D eigenvalue weighted by Gasteiger charge is -2.32. The highest BCUT2D eigenvalue weighted by Crippen LogP contribution is 2.28. The van der Waals surface area contributed by atoms with Crippen LogP contribution in [0.25, 0.3) is 0 Å². The van der Waals surface area contributed by atoms with Crippen LogP contribution in [-0.4, -0.2) is 30.6 Å². The Balaban J connectivity index is 1.48. The van der Waals surface area contributed by atoms with Crippen LogP contribution in [0.15, 0.2) is 18.2 Å². The summed E-state index contributed by atoms with van der Waals surface area (Å²) in [4.78, 5) is 2.15. The Morgan fingerprint density at radius 3 is 2.30 bits per heavy atom. The third kappa shape index (κ3) is 3.55. The van der Waals surface area contributed by atoms with Crippen molar-refractivity contribution in [1.29, 1.82) is 0 Å². The number of rotatable bonds is 5. The second-order valence-electron chi connectivity index (χ2n) is 6.10. The van der Waals surface area contributed by atoms with Crippen molar-refractivity contribution in [1.82, 2.24) is 10.2 Å². The van der Waals surface area contributed by atoms with Gasteiger partial charge in [0.25, 0.3) is 0 Å². The standard InChI is InChI=1S/C16H22F2N2/c17-15-2-1-3-16(18)14(15)11-20-8-6-13(7-9-20)19-10-12-4-5-12/h1-3,12-13,19H,4-11H2. The topological polar surface area (TPSA) is 15.3 Å². The molecule has 1 saturated carbocycles. The van der Waals surface area contributed by atoms with Gasteiger partial charge < -0.3 is 5.32 Å². The number of piperidine rings is 1. The van der Waals surface area contributed by atoms with E-state index in [1.807, 2.05) is 0 Å². The molecule has 0 unspecified atom stereocenters. The minimum atomic E-state index is -0.431. The van der Waals surface area contributed by atoms with E-state index >= 15 is 0 Å². The van der Waals surface area contributed by atoms with Crippen LogP contribution in [0.1, 0.15) is 31.2 Å². The maximum atomic E-state index is 13.6. The lowest BCUT2D eigenvalue weighted by molar-refractivity contribution is 0.186. The minimum absolute atomic E-state index is 0.205. The van der Waals surface area contributed by atoms with Gasteiger partial charge in [0.15, 0.2) is 0 Å². The maximum Gasteiger partial charge on any atom is 0.130 e. The molecule has 0 spiro atoms. The van der Waals surface area contributed by atoms with E-state index in [0.29, 0.717) is 12.6 Å². The highest BCUT2D eigenvalue weighted by atomic mass is 19.1. The van der Waals surface area contributed by atoms with E-state index in [4.69, 9.17) is 0 Å². The van der Waals surface area contributed by atoms with Crippen molar-refractivity contribution < 1.29 is 8.78 Å². The minimum Gasteiger partial charge on any atom is -0.314 e. The van der Waals surface area contributed by atoms with Crippen molar-refractivity contribution in [2.45, 2.75) is 38.3 Å². The molecule has 2 fully saturated rings. The first kappa shape index (κ1) is 14.0. The molecule has 1 N–H and O–H groups in total. The van der Waals surface area contributed by atoms with Gasteiger partial charge in [0.05, 0.1) is 0 Å². The predicted molar refractivity (Wildman–Crippen MR) is 75.4 cm³/mol. The number of benzene rings is 1. The Morgan fingerprint density at radius 2 is 1.70 bits per heavy atom. The second kappa shape index (κ2) is 6.19. The van der Waals surface area contributed by atoms with E-state index in [2.05, 4.69) is 10.2 Å². The van der Waals surface area contributed by atoms with Gasteiger partial charge in [-0.15, -0.1) is 0 Å². The molecule has 1 aliphatic carbocycles. The Morgan fingerprint density at radius 1 is 1.05 bits per heavy atom. The summed E-state index contributed by atoms with van der Waals surface area (Å²) in [7, 11) is 0. The summed E-state index contributed by atoms with van der Waals surface area (Å²) < 4.78 is 27.2. The molecule has 1 aromatic carbocycles. The number of hydrogen-bond donors (Lipinski definition) is 1. The van der Waals surface area contributed by atoms with Crippen molar-refractivity contribution in [2.24, 2.45) is 5.92 Å². The number of likely N-dealkylation sites (tertiary alicyclic amines) is 1. The Kier molecular flexibility index (Phi) is 4.32. The van der Waals surface area contributed by atoms with Crippen molar-refractivity contribution in [2.75, 3.05) is 19.6 Å². The average Bonchev–Trinajstić information content (AvgIpc) is 3.26. The van der Waals surface area contributed by atoms with Crippen LogP contribution in [0.5, 0.6) is 0 Å². The summed E-state index contributed by atoms with van der Waals surface area (Å²) in [5, 5.41) is 3.62. The molecule has 2 nitrogen and oxygen atoms in total. The third-order valence-electron chi connectivity index (χ3n) is 4.42. The number of nitrogens with one attached hydrogen (secondary N) is 1. The molecule has 4 heteroatoms. The summed E-state index contributed by atoms with van der Waals surface area (Å²) >= 11 is 0. The van der Waals surface area contributed by atoms with E-state index in [9.17, 15) is 8.78 Å².